The van der Waals surface area contributed by atoms with Crippen molar-refractivity contribution in [2.24, 2.45) is 0 Å². The topological polar surface area (TPSA) is 149 Å². The summed E-state index contributed by atoms with van der Waals surface area (Å²) >= 11 is 0. The van der Waals surface area contributed by atoms with Gasteiger partial charge >= 0.3 is 5.97 Å². The number of carboxylic acids is 1. The van der Waals surface area contributed by atoms with Crippen LogP contribution in [0.3, 0.4) is 0 Å². The van der Waals surface area contributed by atoms with E-state index in [4.69, 9.17) is 4.74 Å². The third-order valence-electron chi connectivity index (χ3n) is 9.91. The van der Waals surface area contributed by atoms with Gasteiger partial charge in [0.05, 0.1) is 24.0 Å². The number of anilines is 1. The number of likely N-dealkylation sites (tertiary alicyclic amines) is 1. The van der Waals surface area contributed by atoms with Gasteiger partial charge in [0, 0.05) is 38.2 Å². The molecule has 2 aliphatic heterocycles. The summed E-state index contributed by atoms with van der Waals surface area (Å²) in [4.78, 5) is 55.9. The van der Waals surface area contributed by atoms with E-state index < -0.39 is 23.2 Å². The molecule has 1 spiro atoms. The van der Waals surface area contributed by atoms with Crippen LogP contribution in [-0.2, 0) is 16.1 Å². The fourth-order valence-electron chi connectivity index (χ4n) is 7.17. The zero-order valence-electron chi connectivity index (χ0n) is 26.8. The van der Waals surface area contributed by atoms with Crippen LogP contribution in [0.5, 0.6) is 5.75 Å². The maximum absolute atomic E-state index is 13.8. The van der Waals surface area contributed by atoms with E-state index >= 15 is 0 Å². The number of carbonyl (C=O) groups is 4. The van der Waals surface area contributed by atoms with E-state index in [0.717, 1.165) is 37.7 Å². The van der Waals surface area contributed by atoms with Crippen LogP contribution in [0.1, 0.15) is 97.4 Å². The van der Waals surface area contributed by atoms with E-state index in [1.165, 1.54) is 25.3 Å². The number of unbranched alkanes of at least 4 members (excludes halogenated alkanes) is 1. The Hall–Kier alpha value is -3.96. The Morgan fingerprint density at radius 2 is 1.67 bits per heavy atom. The lowest BCUT2D eigenvalue weighted by molar-refractivity contribution is -0.163. The van der Waals surface area contributed by atoms with Gasteiger partial charge in [-0.2, -0.15) is 0 Å². The zero-order valence-corrected chi connectivity index (χ0v) is 26.8. The minimum absolute atomic E-state index is 0.0608. The molecule has 3 amide bonds. The number of hydrogen-bond donors (Lipinski definition) is 4. The molecule has 0 bridgehead atoms. The predicted molar refractivity (Wildman–Crippen MR) is 173 cm³/mol. The van der Waals surface area contributed by atoms with Crippen molar-refractivity contribution in [3.8, 4) is 5.75 Å². The third kappa shape index (κ3) is 7.20. The van der Waals surface area contributed by atoms with Crippen molar-refractivity contribution in [3.63, 3.8) is 0 Å². The van der Waals surface area contributed by atoms with Crippen LogP contribution in [0.15, 0.2) is 42.5 Å². The third-order valence-corrected chi connectivity index (χ3v) is 9.91. The normalized spacial score (nSPS) is 21.1. The van der Waals surface area contributed by atoms with Gasteiger partial charge in [-0.25, -0.2) is 4.79 Å². The summed E-state index contributed by atoms with van der Waals surface area (Å²) in [6, 6.07) is 10.9. The highest BCUT2D eigenvalue weighted by Crippen LogP contribution is 2.38. The van der Waals surface area contributed by atoms with Crippen LogP contribution < -0.4 is 15.4 Å². The molecule has 1 atom stereocenters. The smallest absolute Gasteiger partial charge is 0.335 e. The molecule has 1 aliphatic carbocycles. The Kier molecular flexibility index (Phi) is 10.3. The SMILES string of the molecule is CCCCN1C(=O)[C@@H](CC2(O)CCCCC2)NC(=O)C12CCN(Cc1ccc(C(=O)Nc3ccc(C(=O)O)cc3OC)cc1)CC2. The number of rotatable bonds is 11. The molecular formula is C35H46N4O7. The number of carboxylic acid groups (broad SMARTS) is 1. The Morgan fingerprint density at radius 3 is 2.30 bits per heavy atom. The molecule has 3 aliphatic rings. The van der Waals surface area contributed by atoms with E-state index in [-0.39, 0.29) is 35.5 Å². The molecule has 5 rings (SSSR count). The first kappa shape index (κ1) is 33.4. The van der Waals surface area contributed by atoms with Gasteiger partial charge in [-0.05, 0) is 68.0 Å². The van der Waals surface area contributed by atoms with Gasteiger partial charge in [-0.3, -0.25) is 19.3 Å². The van der Waals surface area contributed by atoms with Crippen LogP contribution in [0.25, 0.3) is 0 Å². The average molecular weight is 635 g/mol. The first-order valence-electron chi connectivity index (χ1n) is 16.5. The molecule has 2 aromatic carbocycles. The van der Waals surface area contributed by atoms with Crippen molar-refractivity contribution in [1.29, 1.82) is 0 Å². The van der Waals surface area contributed by atoms with Crippen LogP contribution in [0.4, 0.5) is 5.69 Å². The number of nitrogens with one attached hydrogen (secondary N) is 2. The van der Waals surface area contributed by atoms with E-state index in [9.17, 15) is 29.4 Å². The molecule has 4 N–H and O–H groups in total. The number of ether oxygens (including phenoxy) is 1. The van der Waals surface area contributed by atoms with Crippen molar-refractivity contribution in [1.82, 2.24) is 15.1 Å². The standard InChI is InChI=1S/C35H46N4O7/c1-3-4-18-39-31(41)28(22-34(45)14-6-5-7-15-34)37-33(44)35(39)16-19-38(20-17-35)23-24-8-10-25(11-9-24)30(40)36-27-13-12-26(32(42)43)21-29(27)46-2/h8-13,21,28,45H,3-7,14-20,22-23H2,1-2H3,(H,36,40)(H,37,44)(H,42,43)/t28-/m1/s1. The van der Waals surface area contributed by atoms with Crippen LogP contribution in [-0.4, -0.2) is 87.6 Å². The average Bonchev–Trinajstić information content (AvgIpc) is 3.05. The number of benzene rings is 2. The van der Waals surface area contributed by atoms with Gasteiger partial charge in [-0.1, -0.05) is 44.7 Å². The summed E-state index contributed by atoms with van der Waals surface area (Å²) < 4.78 is 5.26. The van der Waals surface area contributed by atoms with Crippen LogP contribution in [0, 0.1) is 0 Å². The molecule has 11 nitrogen and oxygen atoms in total. The Morgan fingerprint density at radius 1 is 1.00 bits per heavy atom. The Labute approximate surface area is 270 Å². The summed E-state index contributed by atoms with van der Waals surface area (Å²) in [6.07, 6.45) is 7.42. The number of carbonyl (C=O) groups excluding carboxylic acids is 3. The second kappa shape index (κ2) is 14.2. The van der Waals surface area contributed by atoms with Crippen molar-refractivity contribution in [2.45, 2.75) is 94.9 Å². The zero-order chi connectivity index (χ0) is 32.9. The van der Waals surface area contributed by atoms with E-state index in [1.54, 1.807) is 12.1 Å². The molecule has 2 aromatic rings. The maximum Gasteiger partial charge on any atom is 0.335 e. The van der Waals surface area contributed by atoms with Crippen molar-refractivity contribution >= 4 is 29.4 Å². The summed E-state index contributed by atoms with van der Waals surface area (Å²) in [5.41, 5.74) is 0.127. The first-order valence-corrected chi connectivity index (χ1v) is 16.5. The number of nitrogens with zero attached hydrogens (tertiary/aromatic N) is 2. The molecule has 0 aromatic heterocycles. The summed E-state index contributed by atoms with van der Waals surface area (Å²) in [5, 5.41) is 26.2. The molecule has 2 saturated heterocycles. The highest BCUT2D eigenvalue weighted by atomic mass is 16.5. The quantitative estimate of drug-likeness (QED) is 0.288. The highest BCUT2D eigenvalue weighted by Gasteiger charge is 2.54. The fraction of sp³-hybridized carbons (Fsp3) is 0.543. The lowest BCUT2D eigenvalue weighted by Gasteiger charge is -2.52. The molecule has 0 unspecified atom stereocenters. The monoisotopic (exact) mass is 634 g/mol. The second-order valence-corrected chi connectivity index (χ2v) is 13.0. The lowest BCUT2D eigenvalue weighted by Crippen LogP contribution is -2.73. The number of aromatic carboxylic acids is 1. The summed E-state index contributed by atoms with van der Waals surface area (Å²) in [5.74, 6) is -1.34. The molecule has 248 valence electrons. The van der Waals surface area contributed by atoms with E-state index in [1.807, 2.05) is 17.0 Å². The van der Waals surface area contributed by atoms with Crippen molar-refractivity contribution in [3.05, 3.63) is 59.2 Å². The Balaban J connectivity index is 1.20. The van der Waals surface area contributed by atoms with Gasteiger partial charge in [0.25, 0.3) is 5.91 Å². The lowest BCUT2D eigenvalue weighted by atomic mass is 9.77. The van der Waals surface area contributed by atoms with Crippen molar-refractivity contribution < 1.29 is 34.1 Å². The molecular weight excluding hydrogens is 588 g/mol. The predicted octanol–water partition coefficient (Wildman–Crippen LogP) is 4.19. The van der Waals surface area contributed by atoms with Gasteiger partial charge in [0.1, 0.15) is 17.3 Å². The maximum atomic E-state index is 13.8. The number of methoxy groups -OCH3 is 1. The van der Waals surface area contributed by atoms with Gasteiger partial charge < -0.3 is 30.5 Å². The first-order chi connectivity index (χ1) is 22.1. The second-order valence-electron chi connectivity index (χ2n) is 13.0. The molecule has 3 fully saturated rings. The molecule has 11 heteroatoms. The fourth-order valence-corrected chi connectivity index (χ4v) is 7.17. The summed E-state index contributed by atoms with van der Waals surface area (Å²) in [7, 11) is 1.41. The largest absolute Gasteiger partial charge is 0.495 e. The molecule has 1 saturated carbocycles. The molecule has 0 radical (unpaired) electrons. The molecule has 2 heterocycles. The number of aliphatic hydroxyl groups is 1. The van der Waals surface area contributed by atoms with Gasteiger partial charge in [0.15, 0.2) is 0 Å². The number of hydrogen-bond acceptors (Lipinski definition) is 7. The minimum atomic E-state index is -1.08. The number of amides is 3. The summed E-state index contributed by atoms with van der Waals surface area (Å²) in [6.45, 7) is 4.55. The Bertz CT molecular complexity index is 1430. The molecule has 46 heavy (non-hydrogen) atoms. The highest BCUT2D eigenvalue weighted by molar-refractivity contribution is 6.05. The number of piperidine rings is 1. The van der Waals surface area contributed by atoms with Gasteiger partial charge in [0.2, 0.25) is 11.8 Å². The van der Waals surface area contributed by atoms with Crippen molar-refractivity contribution in [2.75, 3.05) is 32.1 Å². The van der Waals surface area contributed by atoms with E-state index in [2.05, 4.69) is 22.5 Å². The van der Waals surface area contributed by atoms with Crippen LogP contribution in [0.2, 0.25) is 0 Å². The number of piperazine rings is 1. The minimum Gasteiger partial charge on any atom is -0.495 e. The van der Waals surface area contributed by atoms with E-state index in [0.29, 0.717) is 63.1 Å². The van der Waals surface area contributed by atoms with Gasteiger partial charge in [-0.15, -0.1) is 0 Å². The van der Waals surface area contributed by atoms with Crippen LogP contribution >= 0.6 is 0 Å².